The van der Waals surface area contributed by atoms with Crippen molar-refractivity contribution in [3.05, 3.63) is 15.9 Å². The summed E-state index contributed by atoms with van der Waals surface area (Å²) < 4.78 is 2.71. The molecule has 0 amide bonds. The number of aliphatic carboxylic acids is 1. The minimum absolute atomic E-state index is 0.146. The van der Waals surface area contributed by atoms with E-state index in [1.165, 1.54) is 0 Å². The summed E-state index contributed by atoms with van der Waals surface area (Å²) in [5.74, 6) is -1.25. The van der Waals surface area contributed by atoms with Crippen molar-refractivity contribution < 1.29 is 9.90 Å². The molecule has 0 radical (unpaired) electrons. The van der Waals surface area contributed by atoms with Crippen molar-refractivity contribution in [3.8, 4) is 0 Å². The summed E-state index contributed by atoms with van der Waals surface area (Å²) in [5, 5.41) is 13.2. The lowest BCUT2D eigenvalue weighted by atomic mass is 10.0. The summed E-state index contributed by atoms with van der Waals surface area (Å²) in [6, 6.07) is -0.146. The first-order valence-electron chi connectivity index (χ1n) is 4.80. The lowest BCUT2D eigenvalue weighted by Gasteiger charge is -2.18. The van der Waals surface area contributed by atoms with Crippen LogP contribution in [0.3, 0.4) is 0 Å². The minimum Gasteiger partial charge on any atom is -0.481 e. The Morgan fingerprint density at radius 2 is 2.00 bits per heavy atom. The van der Waals surface area contributed by atoms with Crippen LogP contribution in [0.4, 0.5) is 0 Å². The highest BCUT2D eigenvalue weighted by molar-refractivity contribution is 9.10. The molecule has 1 aromatic rings. The Morgan fingerprint density at radius 1 is 1.47 bits per heavy atom. The molecule has 0 aliphatic carbocycles. The van der Waals surface area contributed by atoms with Gasteiger partial charge in [-0.15, -0.1) is 0 Å². The lowest BCUT2D eigenvalue weighted by Crippen LogP contribution is -2.23. The maximum atomic E-state index is 10.9. The molecule has 1 rings (SSSR count). The van der Waals surface area contributed by atoms with E-state index in [-0.39, 0.29) is 6.04 Å². The van der Waals surface area contributed by atoms with E-state index in [1.807, 2.05) is 20.8 Å². The van der Waals surface area contributed by atoms with Crippen molar-refractivity contribution in [2.24, 2.45) is 5.92 Å². The number of carbonyl (C=O) groups is 1. The molecule has 0 saturated heterocycles. The Labute approximate surface area is 97.4 Å². The van der Waals surface area contributed by atoms with E-state index in [1.54, 1.807) is 11.6 Å². The highest BCUT2D eigenvalue weighted by Gasteiger charge is 2.24. The lowest BCUT2D eigenvalue weighted by molar-refractivity contribution is -0.142. The molecule has 0 aliphatic rings. The van der Waals surface area contributed by atoms with Gasteiger partial charge in [-0.05, 0) is 43.6 Å². The Morgan fingerprint density at radius 3 is 2.33 bits per heavy atom. The van der Waals surface area contributed by atoms with Crippen LogP contribution in [0.15, 0.2) is 4.47 Å². The molecule has 0 saturated carbocycles. The number of halogens is 1. The van der Waals surface area contributed by atoms with Crippen LogP contribution in [-0.2, 0) is 4.79 Å². The van der Waals surface area contributed by atoms with Gasteiger partial charge in [-0.25, -0.2) is 0 Å². The Hall–Kier alpha value is -0.840. The third kappa shape index (κ3) is 2.22. The summed E-state index contributed by atoms with van der Waals surface area (Å²) >= 11 is 3.42. The molecular formula is C10H15BrN2O2. The fraction of sp³-hybridized carbons (Fsp3) is 0.600. The van der Waals surface area contributed by atoms with E-state index in [9.17, 15) is 4.79 Å². The van der Waals surface area contributed by atoms with Crippen molar-refractivity contribution >= 4 is 21.9 Å². The summed E-state index contributed by atoms with van der Waals surface area (Å²) in [6.07, 6.45) is 0. The Bertz CT molecular complexity index is 387. The normalized spacial score (nSPS) is 15.0. The molecule has 4 nitrogen and oxygen atoms in total. The highest BCUT2D eigenvalue weighted by Crippen LogP contribution is 2.26. The van der Waals surface area contributed by atoms with Crippen molar-refractivity contribution in [3.63, 3.8) is 0 Å². The van der Waals surface area contributed by atoms with Crippen LogP contribution < -0.4 is 0 Å². The summed E-state index contributed by atoms with van der Waals surface area (Å²) in [5.41, 5.74) is 1.85. The quantitative estimate of drug-likeness (QED) is 0.922. The zero-order valence-electron chi connectivity index (χ0n) is 9.28. The first-order chi connectivity index (χ1) is 6.86. The average Bonchev–Trinajstić information content (AvgIpc) is 2.43. The molecule has 1 heterocycles. The summed E-state index contributed by atoms with van der Waals surface area (Å²) in [4.78, 5) is 10.9. The Kier molecular flexibility index (Phi) is 3.54. The first kappa shape index (κ1) is 12.2. The molecule has 0 spiro atoms. The molecule has 2 unspecified atom stereocenters. The molecule has 84 valence electrons. The van der Waals surface area contributed by atoms with Crippen LogP contribution in [0.1, 0.15) is 31.3 Å². The maximum absolute atomic E-state index is 10.9. The molecule has 0 aliphatic heterocycles. The van der Waals surface area contributed by atoms with Crippen molar-refractivity contribution in [1.82, 2.24) is 9.78 Å². The molecule has 0 bridgehead atoms. The molecule has 1 N–H and O–H groups in total. The fourth-order valence-corrected chi connectivity index (χ4v) is 1.72. The van der Waals surface area contributed by atoms with Crippen LogP contribution in [0.2, 0.25) is 0 Å². The standard InChI is InChI=1S/C10H15BrN2O2/c1-5(10(14)15)7(3)13-8(4)9(11)6(2)12-13/h5,7H,1-4H3,(H,14,15). The minimum atomic E-state index is -0.800. The fourth-order valence-electron chi connectivity index (χ4n) is 1.46. The number of hydrogen-bond acceptors (Lipinski definition) is 2. The largest absolute Gasteiger partial charge is 0.481 e. The average molecular weight is 275 g/mol. The number of carboxylic acids is 1. The predicted molar refractivity (Wildman–Crippen MR) is 60.9 cm³/mol. The van der Waals surface area contributed by atoms with E-state index in [2.05, 4.69) is 21.0 Å². The van der Waals surface area contributed by atoms with Gasteiger partial charge >= 0.3 is 5.97 Å². The zero-order chi connectivity index (χ0) is 11.7. The van der Waals surface area contributed by atoms with Gasteiger partial charge in [-0.2, -0.15) is 5.10 Å². The number of aromatic nitrogens is 2. The number of aryl methyl sites for hydroxylation is 1. The molecule has 2 atom stereocenters. The monoisotopic (exact) mass is 274 g/mol. The second-order valence-corrected chi connectivity index (χ2v) is 4.59. The molecule has 5 heteroatoms. The number of nitrogens with zero attached hydrogens (tertiary/aromatic N) is 2. The summed E-state index contributed by atoms with van der Waals surface area (Å²) in [6.45, 7) is 7.38. The van der Waals surface area contributed by atoms with Gasteiger partial charge in [0.2, 0.25) is 0 Å². The van der Waals surface area contributed by atoms with Gasteiger partial charge in [0.1, 0.15) is 0 Å². The van der Waals surface area contributed by atoms with Gasteiger partial charge in [0.05, 0.1) is 27.8 Å². The van der Waals surface area contributed by atoms with E-state index in [4.69, 9.17) is 5.11 Å². The van der Waals surface area contributed by atoms with Crippen LogP contribution in [0.5, 0.6) is 0 Å². The summed E-state index contributed by atoms with van der Waals surface area (Å²) in [7, 11) is 0. The third-order valence-corrected chi connectivity index (χ3v) is 3.88. The van der Waals surface area contributed by atoms with E-state index in [0.29, 0.717) is 0 Å². The number of hydrogen-bond donors (Lipinski definition) is 1. The third-order valence-electron chi connectivity index (χ3n) is 2.74. The molecule has 0 aromatic carbocycles. The van der Waals surface area contributed by atoms with E-state index in [0.717, 1.165) is 15.9 Å². The molecule has 0 fully saturated rings. The number of carboxylic acid groups (broad SMARTS) is 1. The van der Waals surface area contributed by atoms with Gasteiger partial charge in [0, 0.05) is 0 Å². The second kappa shape index (κ2) is 4.35. The van der Waals surface area contributed by atoms with Crippen molar-refractivity contribution in [2.45, 2.75) is 33.7 Å². The van der Waals surface area contributed by atoms with Crippen LogP contribution >= 0.6 is 15.9 Å². The van der Waals surface area contributed by atoms with Crippen LogP contribution in [-0.4, -0.2) is 20.9 Å². The van der Waals surface area contributed by atoms with Crippen molar-refractivity contribution in [1.29, 1.82) is 0 Å². The van der Waals surface area contributed by atoms with Crippen LogP contribution in [0, 0.1) is 19.8 Å². The molecular weight excluding hydrogens is 260 g/mol. The van der Waals surface area contributed by atoms with Gasteiger partial charge < -0.3 is 5.11 Å². The number of rotatable bonds is 3. The van der Waals surface area contributed by atoms with E-state index >= 15 is 0 Å². The van der Waals surface area contributed by atoms with Gasteiger partial charge in [-0.1, -0.05) is 0 Å². The Balaban J connectivity index is 3.06. The molecule has 15 heavy (non-hydrogen) atoms. The van der Waals surface area contributed by atoms with Crippen LogP contribution in [0.25, 0.3) is 0 Å². The van der Waals surface area contributed by atoms with E-state index < -0.39 is 11.9 Å². The predicted octanol–water partition coefficient (Wildman–Crippen LogP) is 2.54. The van der Waals surface area contributed by atoms with Gasteiger partial charge in [0.25, 0.3) is 0 Å². The maximum Gasteiger partial charge on any atom is 0.308 e. The van der Waals surface area contributed by atoms with Crippen molar-refractivity contribution in [2.75, 3.05) is 0 Å². The second-order valence-electron chi connectivity index (χ2n) is 3.80. The SMILES string of the molecule is Cc1nn(C(C)C(C)C(=O)O)c(C)c1Br. The first-order valence-corrected chi connectivity index (χ1v) is 5.59. The molecule has 1 aromatic heterocycles. The zero-order valence-corrected chi connectivity index (χ0v) is 10.9. The van der Waals surface area contributed by atoms with Gasteiger partial charge in [0.15, 0.2) is 0 Å². The topological polar surface area (TPSA) is 55.1 Å². The smallest absolute Gasteiger partial charge is 0.308 e. The van der Waals surface area contributed by atoms with Gasteiger partial charge in [-0.3, -0.25) is 9.48 Å². The highest BCUT2D eigenvalue weighted by atomic mass is 79.9.